The van der Waals surface area contributed by atoms with Gasteiger partial charge >= 0.3 is 0 Å². The standard InChI is InChI=1S/C32H45FN2/c1-22(2)15-26-8-7-25(17-29(26)21-34-6)24(5)35-13-11-32(12-14-35)19-27-9-10-30(33)18-31(27)28(20-32)16-23(3)4/h7-10,17-18,22-23,28,34H,5,11-16,19-21H2,1-4,6H3/t28-/m0/s1. The summed E-state index contributed by atoms with van der Waals surface area (Å²) < 4.78 is 14.1. The van der Waals surface area contributed by atoms with E-state index < -0.39 is 0 Å². The predicted molar refractivity (Wildman–Crippen MR) is 147 cm³/mol. The Labute approximate surface area is 213 Å². The highest BCUT2D eigenvalue weighted by molar-refractivity contribution is 5.63. The van der Waals surface area contributed by atoms with E-state index in [1.807, 2.05) is 13.1 Å². The van der Waals surface area contributed by atoms with Gasteiger partial charge in [-0.05, 0) is 115 Å². The third-order valence-electron chi connectivity index (χ3n) is 8.29. The van der Waals surface area contributed by atoms with Crippen LogP contribution >= 0.6 is 0 Å². The lowest BCUT2D eigenvalue weighted by molar-refractivity contribution is 0.107. The van der Waals surface area contributed by atoms with Gasteiger partial charge in [-0.1, -0.05) is 52.5 Å². The summed E-state index contributed by atoms with van der Waals surface area (Å²) in [6.45, 7) is 16.7. The van der Waals surface area contributed by atoms with Crippen LogP contribution in [-0.2, 0) is 19.4 Å². The quantitative estimate of drug-likeness (QED) is 0.422. The second-order valence-corrected chi connectivity index (χ2v) is 12.1. The van der Waals surface area contributed by atoms with Gasteiger partial charge in [0, 0.05) is 25.3 Å². The second kappa shape index (κ2) is 10.9. The highest BCUT2D eigenvalue weighted by Crippen LogP contribution is 2.50. The molecule has 1 atom stereocenters. The molecular formula is C32H45FN2. The van der Waals surface area contributed by atoms with E-state index >= 15 is 0 Å². The molecule has 1 aliphatic carbocycles. The molecule has 35 heavy (non-hydrogen) atoms. The molecule has 1 fully saturated rings. The highest BCUT2D eigenvalue weighted by Gasteiger charge is 2.41. The van der Waals surface area contributed by atoms with Crippen LogP contribution in [0, 0.1) is 23.1 Å². The zero-order valence-corrected chi connectivity index (χ0v) is 22.6. The molecule has 0 amide bonds. The van der Waals surface area contributed by atoms with Gasteiger partial charge in [0.1, 0.15) is 5.82 Å². The van der Waals surface area contributed by atoms with Gasteiger partial charge in [-0.3, -0.25) is 0 Å². The van der Waals surface area contributed by atoms with Crippen LogP contribution < -0.4 is 5.32 Å². The van der Waals surface area contributed by atoms with Crippen molar-refractivity contribution in [3.63, 3.8) is 0 Å². The summed E-state index contributed by atoms with van der Waals surface area (Å²) in [5.74, 6) is 1.66. The number of likely N-dealkylation sites (tertiary alicyclic amines) is 1. The van der Waals surface area contributed by atoms with Crippen molar-refractivity contribution in [2.75, 3.05) is 20.1 Å². The van der Waals surface area contributed by atoms with Gasteiger partial charge in [-0.15, -0.1) is 0 Å². The fourth-order valence-electron chi connectivity index (χ4n) is 6.61. The van der Waals surface area contributed by atoms with Gasteiger partial charge < -0.3 is 10.2 Å². The molecule has 2 aliphatic rings. The fraction of sp³-hybridized carbons (Fsp3) is 0.562. The summed E-state index contributed by atoms with van der Waals surface area (Å²) in [4.78, 5) is 2.50. The smallest absolute Gasteiger partial charge is 0.123 e. The fourth-order valence-corrected chi connectivity index (χ4v) is 6.61. The van der Waals surface area contributed by atoms with E-state index in [-0.39, 0.29) is 5.82 Å². The number of nitrogens with one attached hydrogen (secondary N) is 1. The Morgan fingerprint density at radius 1 is 1.06 bits per heavy atom. The van der Waals surface area contributed by atoms with Crippen molar-refractivity contribution >= 4 is 5.70 Å². The molecule has 0 radical (unpaired) electrons. The zero-order valence-electron chi connectivity index (χ0n) is 22.6. The van der Waals surface area contributed by atoms with Crippen molar-refractivity contribution in [3.05, 3.63) is 76.6 Å². The molecule has 2 aromatic carbocycles. The maximum absolute atomic E-state index is 14.1. The summed E-state index contributed by atoms with van der Waals surface area (Å²) >= 11 is 0. The van der Waals surface area contributed by atoms with Gasteiger partial charge in [-0.25, -0.2) is 4.39 Å². The average Bonchev–Trinajstić information content (AvgIpc) is 2.80. The van der Waals surface area contributed by atoms with E-state index in [1.54, 1.807) is 6.07 Å². The number of halogens is 1. The van der Waals surface area contributed by atoms with Crippen LogP contribution in [0.5, 0.6) is 0 Å². The highest BCUT2D eigenvalue weighted by atomic mass is 19.1. The Morgan fingerprint density at radius 3 is 2.46 bits per heavy atom. The number of fused-ring (bicyclic) bond motifs is 1. The molecule has 0 saturated carbocycles. The minimum absolute atomic E-state index is 0.0865. The summed E-state index contributed by atoms with van der Waals surface area (Å²) in [5, 5.41) is 3.34. The van der Waals surface area contributed by atoms with Crippen molar-refractivity contribution in [2.45, 2.75) is 78.7 Å². The molecule has 0 unspecified atom stereocenters. The van der Waals surface area contributed by atoms with E-state index in [1.165, 1.54) is 47.1 Å². The van der Waals surface area contributed by atoms with E-state index in [2.05, 4.69) is 68.8 Å². The number of rotatable bonds is 8. The number of hydrogen-bond donors (Lipinski definition) is 1. The third-order valence-corrected chi connectivity index (χ3v) is 8.29. The van der Waals surface area contributed by atoms with Crippen LogP contribution in [0.3, 0.4) is 0 Å². The molecule has 0 aromatic heterocycles. The summed E-state index contributed by atoms with van der Waals surface area (Å²) in [5.41, 5.74) is 8.23. The van der Waals surface area contributed by atoms with Crippen molar-refractivity contribution in [2.24, 2.45) is 17.3 Å². The largest absolute Gasteiger partial charge is 0.371 e. The normalized spacial score (nSPS) is 19.4. The van der Waals surface area contributed by atoms with Crippen molar-refractivity contribution in [1.29, 1.82) is 0 Å². The van der Waals surface area contributed by atoms with Gasteiger partial charge in [0.05, 0.1) is 0 Å². The van der Waals surface area contributed by atoms with Gasteiger partial charge in [0.25, 0.3) is 0 Å². The van der Waals surface area contributed by atoms with Gasteiger partial charge in [0.2, 0.25) is 0 Å². The number of hydrogen-bond acceptors (Lipinski definition) is 2. The Kier molecular flexibility index (Phi) is 8.06. The van der Waals surface area contributed by atoms with Gasteiger partial charge in [0.15, 0.2) is 0 Å². The average molecular weight is 477 g/mol. The Bertz CT molecular complexity index is 1030. The summed E-state index contributed by atoms with van der Waals surface area (Å²) in [6, 6.07) is 12.5. The van der Waals surface area contributed by atoms with Crippen LogP contribution in [0.15, 0.2) is 43.0 Å². The molecule has 4 rings (SSSR count). The minimum atomic E-state index is -0.0865. The molecule has 1 saturated heterocycles. The number of nitrogens with zero attached hydrogens (tertiary/aromatic N) is 1. The van der Waals surface area contributed by atoms with Crippen molar-refractivity contribution in [3.8, 4) is 0 Å². The van der Waals surface area contributed by atoms with E-state index in [0.29, 0.717) is 23.2 Å². The van der Waals surface area contributed by atoms with Crippen molar-refractivity contribution < 1.29 is 4.39 Å². The minimum Gasteiger partial charge on any atom is -0.371 e. The first-order valence-corrected chi connectivity index (χ1v) is 13.7. The molecule has 1 N–H and O–H groups in total. The predicted octanol–water partition coefficient (Wildman–Crippen LogP) is 7.57. The lowest BCUT2D eigenvalue weighted by atomic mass is 9.61. The maximum atomic E-state index is 14.1. The van der Waals surface area contributed by atoms with Crippen molar-refractivity contribution in [1.82, 2.24) is 10.2 Å². The van der Waals surface area contributed by atoms with Gasteiger partial charge in [-0.2, -0.15) is 0 Å². The molecular weight excluding hydrogens is 431 g/mol. The number of benzene rings is 2. The molecule has 190 valence electrons. The first-order valence-electron chi connectivity index (χ1n) is 13.7. The van der Waals surface area contributed by atoms with Crippen LogP contribution in [0.4, 0.5) is 4.39 Å². The Morgan fingerprint density at radius 2 is 1.80 bits per heavy atom. The van der Waals surface area contributed by atoms with Crippen LogP contribution in [0.1, 0.15) is 87.1 Å². The molecule has 3 heteroatoms. The van der Waals surface area contributed by atoms with E-state index in [9.17, 15) is 4.39 Å². The summed E-state index contributed by atoms with van der Waals surface area (Å²) in [7, 11) is 2.02. The first-order chi connectivity index (χ1) is 16.7. The lowest BCUT2D eigenvalue weighted by Crippen LogP contribution is -2.43. The Hall–Kier alpha value is -2.13. The van der Waals surface area contributed by atoms with E-state index in [0.717, 1.165) is 44.6 Å². The molecule has 0 bridgehead atoms. The second-order valence-electron chi connectivity index (χ2n) is 12.1. The number of piperidine rings is 1. The monoisotopic (exact) mass is 476 g/mol. The molecule has 2 nitrogen and oxygen atoms in total. The first kappa shape index (κ1) is 25.9. The maximum Gasteiger partial charge on any atom is 0.123 e. The zero-order chi connectivity index (χ0) is 25.2. The summed E-state index contributed by atoms with van der Waals surface area (Å²) in [6.07, 6.45) is 6.91. The Balaban J connectivity index is 1.48. The lowest BCUT2D eigenvalue weighted by Gasteiger charge is -2.48. The van der Waals surface area contributed by atoms with Crippen LogP contribution in [-0.4, -0.2) is 25.0 Å². The van der Waals surface area contributed by atoms with Crippen LogP contribution in [0.2, 0.25) is 0 Å². The van der Waals surface area contributed by atoms with Crippen LogP contribution in [0.25, 0.3) is 5.70 Å². The van der Waals surface area contributed by atoms with E-state index in [4.69, 9.17) is 0 Å². The molecule has 2 aromatic rings. The molecule has 1 spiro atoms. The molecule has 1 heterocycles. The molecule has 1 aliphatic heterocycles. The SMILES string of the molecule is C=C(c1ccc(CC(C)C)c(CNC)c1)N1CCC2(CC1)Cc1ccc(F)cc1[C@@H](CC(C)C)C2. The topological polar surface area (TPSA) is 15.3 Å². The third kappa shape index (κ3) is 6.00.